The third-order valence-electron chi connectivity index (χ3n) is 2.25. The first-order chi connectivity index (χ1) is 7.54. The molecule has 0 fully saturated rings. The summed E-state index contributed by atoms with van der Waals surface area (Å²) in [4.78, 5) is 11.0. The van der Waals surface area contributed by atoms with Gasteiger partial charge in [-0.2, -0.15) is 5.26 Å². The number of benzene rings is 1. The first-order valence-corrected chi connectivity index (χ1v) is 5.04. The molecule has 0 spiro atoms. The van der Waals surface area contributed by atoms with Gasteiger partial charge in [0.1, 0.15) is 6.04 Å². The SMILES string of the molecule is CC(C)C(Nc1cccc(C#N)c1)C(=O)O. The molecule has 16 heavy (non-hydrogen) atoms. The van der Waals surface area contributed by atoms with Crippen molar-refractivity contribution < 1.29 is 9.90 Å². The number of aliphatic carboxylic acids is 1. The number of hydrogen-bond donors (Lipinski definition) is 2. The molecule has 4 nitrogen and oxygen atoms in total. The van der Waals surface area contributed by atoms with E-state index >= 15 is 0 Å². The first-order valence-electron chi connectivity index (χ1n) is 5.04. The van der Waals surface area contributed by atoms with E-state index < -0.39 is 12.0 Å². The van der Waals surface area contributed by atoms with Crippen LogP contribution in [0.3, 0.4) is 0 Å². The second kappa shape index (κ2) is 5.17. The minimum atomic E-state index is -0.891. The zero-order valence-electron chi connectivity index (χ0n) is 9.27. The number of hydrogen-bond acceptors (Lipinski definition) is 3. The van der Waals surface area contributed by atoms with Gasteiger partial charge in [-0.05, 0) is 24.1 Å². The van der Waals surface area contributed by atoms with E-state index in [1.807, 2.05) is 19.9 Å². The molecule has 1 aromatic carbocycles. The van der Waals surface area contributed by atoms with Crippen molar-refractivity contribution >= 4 is 11.7 Å². The summed E-state index contributed by atoms with van der Waals surface area (Å²) in [6, 6.07) is 8.15. The number of nitrogens with zero attached hydrogens (tertiary/aromatic N) is 1. The van der Waals surface area contributed by atoms with Gasteiger partial charge in [0.25, 0.3) is 0 Å². The highest BCUT2D eigenvalue weighted by Crippen LogP contribution is 2.14. The van der Waals surface area contributed by atoms with Crippen LogP contribution in [0.2, 0.25) is 0 Å². The molecule has 0 aliphatic rings. The molecule has 0 saturated carbocycles. The van der Waals surface area contributed by atoms with Gasteiger partial charge in [-0.15, -0.1) is 0 Å². The van der Waals surface area contributed by atoms with Crippen LogP contribution in [0.15, 0.2) is 24.3 Å². The molecule has 0 bridgehead atoms. The number of rotatable bonds is 4. The summed E-state index contributed by atoms with van der Waals surface area (Å²) in [5.41, 5.74) is 1.16. The number of anilines is 1. The van der Waals surface area contributed by atoms with E-state index in [2.05, 4.69) is 5.32 Å². The van der Waals surface area contributed by atoms with Crippen LogP contribution in [0, 0.1) is 17.2 Å². The van der Waals surface area contributed by atoms with Crippen molar-refractivity contribution in [3.8, 4) is 6.07 Å². The second-order valence-corrected chi connectivity index (χ2v) is 3.90. The predicted octanol–water partition coefficient (Wildman–Crippen LogP) is 2.08. The molecule has 1 aromatic rings. The maximum Gasteiger partial charge on any atom is 0.326 e. The van der Waals surface area contributed by atoms with Crippen molar-refractivity contribution in [3.63, 3.8) is 0 Å². The van der Waals surface area contributed by atoms with Gasteiger partial charge in [-0.1, -0.05) is 19.9 Å². The summed E-state index contributed by atoms with van der Waals surface area (Å²) in [5, 5.41) is 20.6. The maximum atomic E-state index is 11.0. The number of nitriles is 1. The zero-order chi connectivity index (χ0) is 12.1. The van der Waals surface area contributed by atoms with Crippen LogP contribution >= 0.6 is 0 Å². The second-order valence-electron chi connectivity index (χ2n) is 3.90. The van der Waals surface area contributed by atoms with Crippen molar-refractivity contribution in [1.82, 2.24) is 0 Å². The standard InChI is InChI=1S/C12H14N2O2/c1-8(2)11(12(15)16)14-10-5-3-4-9(6-10)7-13/h3-6,8,11,14H,1-2H3,(H,15,16). The van der Waals surface area contributed by atoms with E-state index in [4.69, 9.17) is 10.4 Å². The van der Waals surface area contributed by atoms with E-state index in [-0.39, 0.29) is 5.92 Å². The monoisotopic (exact) mass is 218 g/mol. The quantitative estimate of drug-likeness (QED) is 0.811. The molecule has 0 aliphatic heterocycles. The van der Waals surface area contributed by atoms with Gasteiger partial charge in [0.2, 0.25) is 0 Å². The third kappa shape index (κ3) is 2.99. The van der Waals surface area contributed by atoms with Crippen molar-refractivity contribution in [2.24, 2.45) is 5.92 Å². The molecule has 0 saturated heterocycles. The zero-order valence-corrected chi connectivity index (χ0v) is 9.27. The van der Waals surface area contributed by atoms with E-state index in [9.17, 15) is 4.79 Å². The van der Waals surface area contributed by atoms with Gasteiger partial charge in [-0.25, -0.2) is 4.79 Å². The summed E-state index contributed by atoms with van der Waals surface area (Å²) in [6.07, 6.45) is 0. The highest BCUT2D eigenvalue weighted by molar-refractivity contribution is 5.77. The van der Waals surface area contributed by atoms with E-state index in [0.29, 0.717) is 11.3 Å². The molecule has 84 valence electrons. The molecule has 0 heterocycles. The van der Waals surface area contributed by atoms with Crippen LogP contribution in [0.5, 0.6) is 0 Å². The van der Waals surface area contributed by atoms with Gasteiger partial charge in [0.05, 0.1) is 11.6 Å². The minimum absolute atomic E-state index is 0.0248. The van der Waals surface area contributed by atoms with Crippen LogP contribution in [0.1, 0.15) is 19.4 Å². The Bertz CT molecular complexity index is 421. The van der Waals surface area contributed by atoms with Gasteiger partial charge in [-0.3, -0.25) is 0 Å². The smallest absolute Gasteiger partial charge is 0.326 e. The number of nitrogens with one attached hydrogen (secondary N) is 1. The largest absolute Gasteiger partial charge is 0.480 e. The lowest BCUT2D eigenvalue weighted by Gasteiger charge is -2.19. The number of carbonyl (C=O) groups is 1. The first kappa shape index (κ1) is 12.1. The molecule has 0 amide bonds. The topological polar surface area (TPSA) is 73.1 Å². The van der Waals surface area contributed by atoms with E-state index in [0.717, 1.165) is 0 Å². The minimum Gasteiger partial charge on any atom is -0.480 e. The van der Waals surface area contributed by atoms with Crippen LogP contribution < -0.4 is 5.32 Å². The highest BCUT2D eigenvalue weighted by Gasteiger charge is 2.20. The molecule has 1 atom stereocenters. The van der Waals surface area contributed by atoms with Gasteiger partial charge < -0.3 is 10.4 Å². The van der Waals surface area contributed by atoms with Crippen molar-refractivity contribution in [2.75, 3.05) is 5.32 Å². The van der Waals surface area contributed by atoms with Crippen LogP contribution in [0.4, 0.5) is 5.69 Å². The average Bonchev–Trinajstić information content (AvgIpc) is 2.25. The summed E-state index contributed by atoms with van der Waals surface area (Å²) >= 11 is 0. The molecular weight excluding hydrogens is 204 g/mol. The Hall–Kier alpha value is -2.02. The normalized spacial score (nSPS) is 11.9. The van der Waals surface area contributed by atoms with Crippen LogP contribution in [-0.2, 0) is 4.79 Å². The van der Waals surface area contributed by atoms with Gasteiger partial charge in [0, 0.05) is 5.69 Å². The average molecular weight is 218 g/mol. The highest BCUT2D eigenvalue weighted by atomic mass is 16.4. The number of carboxylic acid groups (broad SMARTS) is 1. The molecule has 0 aliphatic carbocycles. The molecule has 1 unspecified atom stereocenters. The summed E-state index contributed by atoms with van der Waals surface area (Å²) in [7, 11) is 0. The van der Waals surface area contributed by atoms with Crippen LogP contribution in [0.25, 0.3) is 0 Å². The fourth-order valence-electron chi connectivity index (χ4n) is 1.37. The fraction of sp³-hybridized carbons (Fsp3) is 0.333. The summed E-state index contributed by atoms with van der Waals surface area (Å²) in [5.74, 6) is -0.916. The van der Waals surface area contributed by atoms with Crippen molar-refractivity contribution in [3.05, 3.63) is 29.8 Å². The Morgan fingerprint density at radius 2 is 2.19 bits per heavy atom. The molecule has 0 radical (unpaired) electrons. The van der Waals surface area contributed by atoms with Gasteiger partial charge in [0.15, 0.2) is 0 Å². The molecule has 4 heteroatoms. The Morgan fingerprint density at radius 3 is 2.69 bits per heavy atom. The third-order valence-corrected chi connectivity index (χ3v) is 2.25. The fourth-order valence-corrected chi connectivity index (χ4v) is 1.37. The Balaban J connectivity index is 2.86. The Kier molecular flexibility index (Phi) is 3.90. The molecule has 2 N–H and O–H groups in total. The summed E-state index contributed by atoms with van der Waals surface area (Å²) in [6.45, 7) is 3.67. The maximum absolute atomic E-state index is 11.0. The molecular formula is C12H14N2O2. The summed E-state index contributed by atoms with van der Waals surface area (Å²) < 4.78 is 0. The van der Waals surface area contributed by atoms with Gasteiger partial charge >= 0.3 is 5.97 Å². The molecule has 1 rings (SSSR count). The lowest BCUT2D eigenvalue weighted by Crippen LogP contribution is -2.34. The van der Waals surface area contributed by atoms with E-state index in [1.165, 1.54) is 0 Å². The lowest BCUT2D eigenvalue weighted by atomic mass is 10.0. The number of carboxylic acids is 1. The molecule has 0 aromatic heterocycles. The van der Waals surface area contributed by atoms with E-state index in [1.54, 1.807) is 24.3 Å². The van der Waals surface area contributed by atoms with Crippen molar-refractivity contribution in [2.45, 2.75) is 19.9 Å². The Labute approximate surface area is 94.5 Å². The Morgan fingerprint density at radius 1 is 1.50 bits per heavy atom. The lowest BCUT2D eigenvalue weighted by molar-refractivity contribution is -0.138. The van der Waals surface area contributed by atoms with Crippen molar-refractivity contribution in [1.29, 1.82) is 5.26 Å². The van der Waals surface area contributed by atoms with Crippen LogP contribution in [-0.4, -0.2) is 17.1 Å². The predicted molar refractivity (Wildman–Crippen MR) is 61.0 cm³/mol.